The van der Waals surface area contributed by atoms with Gasteiger partial charge in [0.25, 0.3) is 0 Å². The summed E-state index contributed by atoms with van der Waals surface area (Å²) in [7, 11) is 0. The van der Waals surface area contributed by atoms with Gasteiger partial charge < -0.3 is 10.5 Å². The number of hydrogen-bond donors (Lipinski definition) is 2. The van der Waals surface area contributed by atoms with Crippen LogP contribution in [0.5, 0.6) is 0 Å². The molecule has 0 bridgehead atoms. The first-order valence-electron chi connectivity index (χ1n) is 2.66. The molecule has 0 aromatic rings. The minimum absolute atomic E-state index is 0.220. The van der Waals surface area contributed by atoms with Crippen LogP contribution in [-0.4, -0.2) is 12.0 Å². The van der Waals surface area contributed by atoms with E-state index in [0.29, 0.717) is 0 Å². The van der Waals surface area contributed by atoms with Gasteiger partial charge in [0.2, 0.25) is 0 Å². The Balaban J connectivity index is 3.78. The van der Waals surface area contributed by atoms with Gasteiger partial charge in [0.15, 0.2) is 5.88 Å². The molecule has 2 amide bonds. The van der Waals surface area contributed by atoms with Crippen molar-refractivity contribution in [2.24, 2.45) is 5.73 Å². The number of primary amides is 1. The first-order valence-corrected chi connectivity index (χ1v) is 2.66. The quantitative estimate of drug-likeness (QED) is 0.339. The van der Waals surface area contributed by atoms with E-state index < -0.39 is 12.0 Å². The molecule has 0 unspecified atom stereocenters. The molecule has 0 rings (SSSR count). The third kappa shape index (κ3) is 4.71. The summed E-state index contributed by atoms with van der Waals surface area (Å²) in [6.45, 7) is 6.31. The summed E-state index contributed by atoms with van der Waals surface area (Å²) in [5, 5.41) is 1.96. The zero-order valence-electron chi connectivity index (χ0n) is 5.79. The largest absolute Gasteiger partial charge is 0.407 e. The van der Waals surface area contributed by atoms with E-state index in [1.165, 1.54) is 0 Å². The Morgan fingerprint density at radius 3 is 2.45 bits per heavy atom. The Hall–Kier alpha value is -1.78. The summed E-state index contributed by atoms with van der Waals surface area (Å²) in [4.78, 5) is 20.5. The van der Waals surface area contributed by atoms with E-state index in [1.54, 1.807) is 0 Å². The maximum Gasteiger partial charge on any atom is 0.336 e. The normalized spacial score (nSPS) is 8.00. The lowest BCUT2D eigenvalue weighted by molar-refractivity contribution is -0.134. The molecule has 0 radical (unpaired) electrons. The van der Waals surface area contributed by atoms with Crippen molar-refractivity contribution in [1.29, 1.82) is 0 Å². The lowest BCUT2D eigenvalue weighted by Crippen LogP contribution is -2.29. The van der Waals surface area contributed by atoms with Gasteiger partial charge in [0.05, 0.1) is 0 Å². The second kappa shape index (κ2) is 4.10. The van der Waals surface area contributed by atoms with Crippen molar-refractivity contribution in [2.75, 3.05) is 0 Å². The average molecular weight is 156 g/mol. The van der Waals surface area contributed by atoms with E-state index >= 15 is 0 Å². The summed E-state index contributed by atoms with van der Waals surface area (Å²) in [6.07, 6.45) is 0.938. The van der Waals surface area contributed by atoms with Crippen LogP contribution >= 0.6 is 0 Å². The second-order valence-electron chi connectivity index (χ2n) is 1.54. The van der Waals surface area contributed by atoms with Crippen molar-refractivity contribution in [3.05, 3.63) is 25.1 Å². The lowest BCUT2D eigenvalue weighted by Gasteiger charge is -2.03. The van der Waals surface area contributed by atoms with Crippen molar-refractivity contribution >= 4 is 12.0 Å². The number of rotatable bonds is 3. The molecule has 0 atom stereocenters. The van der Waals surface area contributed by atoms with Crippen molar-refractivity contribution < 1.29 is 14.3 Å². The molecular formula is C6H8N2O3. The van der Waals surface area contributed by atoms with E-state index in [1.807, 2.05) is 5.32 Å². The Kier molecular flexibility index (Phi) is 3.44. The molecule has 5 nitrogen and oxygen atoms in total. The molecule has 0 spiro atoms. The monoisotopic (exact) mass is 156 g/mol. The molecule has 0 aromatic carbocycles. The van der Waals surface area contributed by atoms with Gasteiger partial charge in [-0.25, -0.2) is 9.59 Å². The Labute approximate surface area is 63.5 Å². The van der Waals surface area contributed by atoms with Gasteiger partial charge in [0.1, 0.15) is 0 Å². The van der Waals surface area contributed by atoms with Gasteiger partial charge in [-0.3, -0.25) is 5.32 Å². The SMILES string of the molecule is C=CC(=O)OC(=C)NC(N)=O. The summed E-state index contributed by atoms with van der Waals surface area (Å²) in [5.41, 5.74) is 4.68. The summed E-state index contributed by atoms with van der Waals surface area (Å²) < 4.78 is 4.35. The minimum Gasteiger partial charge on any atom is -0.407 e. The number of carbonyl (C=O) groups is 2. The molecule has 11 heavy (non-hydrogen) atoms. The number of esters is 1. The van der Waals surface area contributed by atoms with Crippen molar-refractivity contribution in [3.8, 4) is 0 Å². The van der Waals surface area contributed by atoms with Gasteiger partial charge >= 0.3 is 12.0 Å². The van der Waals surface area contributed by atoms with Crippen LogP contribution in [0.2, 0.25) is 0 Å². The van der Waals surface area contributed by atoms with Crippen LogP contribution in [0, 0.1) is 0 Å². The fraction of sp³-hybridized carbons (Fsp3) is 0. The zero-order chi connectivity index (χ0) is 8.85. The maximum atomic E-state index is 10.4. The van der Waals surface area contributed by atoms with Crippen LogP contribution in [0.1, 0.15) is 0 Å². The van der Waals surface area contributed by atoms with E-state index in [2.05, 4.69) is 23.6 Å². The van der Waals surface area contributed by atoms with Crippen LogP contribution in [0.25, 0.3) is 0 Å². The number of nitrogens with two attached hydrogens (primary N) is 1. The minimum atomic E-state index is -0.841. The fourth-order valence-corrected chi connectivity index (χ4v) is 0.326. The van der Waals surface area contributed by atoms with Gasteiger partial charge in [-0.15, -0.1) is 0 Å². The van der Waals surface area contributed by atoms with E-state index in [4.69, 9.17) is 0 Å². The smallest absolute Gasteiger partial charge is 0.336 e. The molecule has 0 aliphatic rings. The molecule has 0 saturated carbocycles. The van der Waals surface area contributed by atoms with Gasteiger partial charge in [-0.2, -0.15) is 0 Å². The van der Waals surface area contributed by atoms with Gasteiger partial charge in [-0.05, 0) is 6.58 Å². The molecule has 0 aromatic heterocycles. The summed E-state index contributed by atoms with van der Waals surface area (Å²) in [5.74, 6) is -0.925. The van der Waals surface area contributed by atoms with E-state index in [0.717, 1.165) is 6.08 Å². The van der Waals surface area contributed by atoms with Crippen molar-refractivity contribution in [1.82, 2.24) is 5.32 Å². The molecule has 3 N–H and O–H groups in total. The first kappa shape index (κ1) is 9.22. The van der Waals surface area contributed by atoms with Crippen molar-refractivity contribution in [3.63, 3.8) is 0 Å². The molecule has 0 heterocycles. The average Bonchev–Trinajstić information content (AvgIpc) is 1.85. The molecule has 60 valence electrons. The van der Waals surface area contributed by atoms with E-state index in [9.17, 15) is 9.59 Å². The van der Waals surface area contributed by atoms with E-state index in [-0.39, 0.29) is 5.88 Å². The number of urea groups is 1. The number of amides is 2. The third-order valence-electron chi connectivity index (χ3n) is 0.653. The zero-order valence-corrected chi connectivity index (χ0v) is 5.79. The Bertz CT molecular complexity index is 210. The highest BCUT2D eigenvalue weighted by molar-refractivity contribution is 5.82. The predicted molar refractivity (Wildman–Crippen MR) is 38.1 cm³/mol. The molecule has 5 heteroatoms. The van der Waals surface area contributed by atoms with Crippen LogP contribution in [0.4, 0.5) is 4.79 Å². The molecule has 0 aliphatic heterocycles. The lowest BCUT2D eigenvalue weighted by atomic mass is 10.6. The molecule has 0 saturated heterocycles. The predicted octanol–water partition coefficient (Wildman–Crippen LogP) is -0.145. The van der Waals surface area contributed by atoms with Gasteiger partial charge in [-0.1, -0.05) is 6.58 Å². The van der Waals surface area contributed by atoms with Gasteiger partial charge in [0, 0.05) is 6.08 Å². The number of hydrogen-bond acceptors (Lipinski definition) is 3. The second-order valence-corrected chi connectivity index (χ2v) is 1.54. The van der Waals surface area contributed by atoms with Crippen LogP contribution < -0.4 is 11.1 Å². The van der Waals surface area contributed by atoms with Crippen LogP contribution in [0.15, 0.2) is 25.1 Å². The summed E-state index contributed by atoms with van der Waals surface area (Å²) in [6, 6.07) is -0.841. The van der Waals surface area contributed by atoms with Crippen molar-refractivity contribution in [2.45, 2.75) is 0 Å². The van der Waals surface area contributed by atoms with Crippen LogP contribution in [-0.2, 0) is 9.53 Å². The summed E-state index contributed by atoms with van der Waals surface area (Å²) >= 11 is 0. The first-order chi connectivity index (χ1) is 5.06. The topological polar surface area (TPSA) is 81.4 Å². The highest BCUT2D eigenvalue weighted by Gasteiger charge is 2.01. The Morgan fingerprint density at radius 2 is 2.09 bits per heavy atom. The Morgan fingerprint density at radius 1 is 1.55 bits per heavy atom. The molecular weight excluding hydrogens is 148 g/mol. The fourth-order valence-electron chi connectivity index (χ4n) is 0.326. The maximum absolute atomic E-state index is 10.4. The highest BCUT2D eigenvalue weighted by Crippen LogP contribution is 1.88. The molecule has 0 aliphatic carbocycles. The number of carbonyl (C=O) groups excluding carboxylic acids is 2. The number of ether oxygens (including phenoxy) is 1. The van der Waals surface area contributed by atoms with Crippen LogP contribution in [0.3, 0.4) is 0 Å². The standard InChI is InChI=1S/C6H8N2O3/c1-3-5(9)11-4(2)8-6(7)10/h3H,1-2H2,(H3,7,8,10). The number of nitrogens with one attached hydrogen (secondary N) is 1. The molecule has 0 fully saturated rings. The highest BCUT2D eigenvalue weighted by atomic mass is 16.5. The third-order valence-corrected chi connectivity index (χ3v) is 0.653.